The first-order chi connectivity index (χ1) is 11.6. The molecule has 1 aromatic rings. The van der Waals surface area contributed by atoms with Crippen molar-refractivity contribution in [2.45, 2.75) is 32.2 Å². The van der Waals surface area contributed by atoms with E-state index in [4.69, 9.17) is 16.3 Å². The zero-order valence-corrected chi connectivity index (χ0v) is 14.5. The molecular weight excluding hydrogens is 326 g/mol. The van der Waals surface area contributed by atoms with E-state index >= 15 is 0 Å². The van der Waals surface area contributed by atoms with Gasteiger partial charge in [0.15, 0.2) is 0 Å². The predicted octanol–water partition coefficient (Wildman–Crippen LogP) is 4.30. The van der Waals surface area contributed by atoms with Gasteiger partial charge in [0, 0.05) is 11.5 Å². The molecule has 4 nitrogen and oxygen atoms in total. The van der Waals surface area contributed by atoms with Crippen molar-refractivity contribution in [3.05, 3.63) is 59.7 Å². The van der Waals surface area contributed by atoms with Crippen LogP contribution in [0.15, 0.2) is 54.1 Å². The topological polar surface area (TPSA) is 46.6 Å². The second-order valence-corrected chi connectivity index (χ2v) is 6.11. The van der Waals surface area contributed by atoms with Crippen molar-refractivity contribution in [2.75, 3.05) is 6.61 Å². The van der Waals surface area contributed by atoms with Crippen LogP contribution in [0, 0.1) is 5.92 Å². The van der Waals surface area contributed by atoms with Crippen molar-refractivity contribution < 1.29 is 14.3 Å². The molecule has 128 valence electrons. The largest absolute Gasteiger partial charge is 0.447 e. The van der Waals surface area contributed by atoms with E-state index in [-0.39, 0.29) is 24.5 Å². The number of allylic oxidation sites excluding steroid dienone is 3. The van der Waals surface area contributed by atoms with Crippen LogP contribution in [0.2, 0.25) is 0 Å². The number of benzene rings is 1. The van der Waals surface area contributed by atoms with E-state index in [1.54, 1.807) is 6.08 Å². The Balaban J connectivity index is 1.95. The van der Waals surface area contributed by atoms with Crippen LogP contribution in [-0.2, 0) is 16.0 Å². The van der Waals surface area contributed by atoms with E-state index < -0.39 is 6.09 Å². The molecule has 1 saturated heterocycles. The van der Waals surface area contributed by atoms with Crippen molar-refractivity contribution in [1.29, 1.82) is 0 Å². The Labute approximate surface area is 147 Å². The highest BCUT2D eigenvalue weighted by Gasteiger charge is 2.39. The smallest absolute Gasteiger partial charge is 0.416 e. The van der Waals surface area contributed by atoms with E-state index in [2.05, 4.69) is 0 Å². The molecule has 5 heteroatoms. The van der Waals surface area contributed by atoms with Gasteiger partial charge in [-0.3, -0.25) is 4.79 Å². The number of imide groups is 1. The summed E-state index contributed by atoms with van der Waals surface area (Å²) in [6.45, 7) is 2.10. The number of carbonyl (C=O) groups is 2. The minimum absolute atomic E-state index is 0.167. The number of halogens is 1. The summed E-state index contributed by atoms with van der Waals surface area (Å²) in [7, 11) is 0. The molecule has 0 saturated carbocycles. The quantitative estimate of drug-likeness (QED) is 0.691. The van der Waals surface area contributed by atoms with Crippen LogP contribution in [0.1, 0.15) is 25.3 Å². The molecule has 2 amide bonds. The van der Waals surface area contributed by atoms with Crippen molar-refractivity contribution >= 4 is 23.6 Å². The van der Waals surface area contributed by atoms with Gasteiger partial charge in [-0.15, -0.1) is 0 Å². The fourth-order valence-electron chi connectivity index (χ4n) is 2.69. The van der Waals surface area contributed by atoms with Gasteiger partial charge < -0.3 is 4.74 Å². The highest BCUT2D eigenvalue weighted by Crippen LogP contribution is 2.21. The van der Waals surface area contributed by atoms with Gasteiger partial charge in [0.25, 0.3) is 0 Å². The molecule has 2 atom stereocenters. The second kappa shape index (κ2) is 9.28. The lowest BCUT2D eigenvalue weighted by molar-refractivity contribution is -0.133. The van der Waals surface area contributed by atoms with E-state index in [1.807, 2.05) is 49.4 Å². The summed E-state index contributed by atoms with van der Waals surface area (Å²) < 4.78 is 5.11. The summed E-state index contributed by atoms with van der Waals surface area (Å²) in [4.78, 5) is 25.9. The molecule has 0 radical (unpaired) electrons. The molecular formula is C19H22ClNO3. The minimum atomic E-state index is -0.534. The number of nitrogens with zero attached hydrogens (tertiary/aromatic N) is 1. The fraction of sp³-hybridized carbons (Fsp3) is 0.368. The van der Waals surface area contributed by atoms with E-state index in [0.29, 0.717) is 12.8 Å². The minimum Gasteiger partial charge on any atom is -0.447 e. The first kappa shape index (κ1) is 18.3. The van der Waals surface area contributed by atoms with Crippen molar-refractivity contribution in [1.82, 2.24) is 4.90 Å². The Morgan fingerprint density at radius 1 is 1.38 bits per heavy atom. The number of cyclic esters (lactones) is 1. The lowest BCUT2D eigenvalue weighted by atomic mass is 10.0. The Kier molecular flexibility index (Phi) is 7.07. The standard InChI is InChI=1S/C19H22ClNO3/c1-15(9-5-2-3-8-12-20)18(22)21-17(14-24-19(21)23)13-16-10-6-4-7-11-16/h2-4,6-8,10-12,15,17H,5,9,13-14H2,1H3/b3-2+,12-8+/t15-,17-/m0/s1. The summed E-state index contributed by atoms with van der Waals surface area (Å²) in [5.74, 6) is -0.404. The van der Waals surface area contributed by atoms with Crippen LogP contribution < -0.4 is 0 Å². The first-order valence-corrected chi connectivity index (χ1v) is 8.52. The van der Waals surface area contributed by atoms with E-state index in [9.17, 15) is 9.59 Å². The molecule has 0 bridgehead atoms. The van der Waals surface area contributed by atoms with Gasteiger partial charge in [-0.25, -0.2) is 9.69 Å². The third-order valence-electron chi connectivity index (χ3n) is 4.02. The lowest BCUT2D eigenvalue weighted by Crippen LogP contribution is -2.43. The van der Waals surface area contributed by atoms with Crippen LogP contribution in [-0.4, -0.2) is 29.5 Å². The van der Waals surface area contributed by atoms with Gasteiger partial charge in [0.05, 0.1) is 6.04 Å². The van der Waals surface area contributed by atoms with Crippen molar-refractivity contribution in [3.8, 4) is 0 Å². The van der Waals surface area contributed by atoms with Crippen LogP contribution in [0.3, 0.4) is 0 Å². The Hall–Kier alpha value is -2.07. The predicted molar refractivity (Wildman–Crippen MR) is 94.7 cm³/mol. The molecule has 1 aliphatic heterocycles. The first-order valence-electron chi connectivity index (χ1n) is 8.09. The zero-order valence-electron chi connectivity index (χ0n) is 13.7. The Morgan fingerprint density at radius 2 is 2.12 bits per heavy atom. The summed E-state index contributed by atoms with van der Waals surface area (Å²) in [6, 6.07) is 9.59. The Bertz CT molecular complexity index is 612. The summed E-state index contributed by atoms with van der Waals surface area (Å²) in [6.07, 6.45) is 7.02. The highest BCUT2D eigenvalue weighted by atomic mass is 35.5. The van der Waals surface area contributed by atoms with Crippen LogP contribution >= 0.6 is 11.6 Å². The maximum Gasteiger partial charge on any atom is 0.416 e. The third-order valence-corrected chi connectivity index (χ3v) is 4.17. The number of rotatable bonds is 7. The van der Waals surface area contributed by atoms with Crippen LogP contribution in [0.4, 0.5) is 4.79 Å². The van der Waals surface area contributed by atoms with Gasteiger partial charge in [-0.05, 0) is 24.8 Å². The molecule has 0 unspecified atom stereocenters. The molecule has 0 N–H and O–H groups in total. The summed E-state index contributed by atoms with van der Waals surface area (Å²) in [5.41, 5.74) is 2.52. The van der Waals surface area contributed by atoms with Gasteiger partial charge >= 0.3 is 6.09 Å². The summed E-state index contributed by atoms with van der Waals surface area (Å²) in [5, 5.41) is 0. The second-order valence-electron chi connectivity index (χ2n) is 5.85. The molecule has 2 rings (SSSR count). The zero-order chi connectivity index (χ0) is 17.4. The molecule has 1 aromatic carbocycles. The number of amides is 2. The van der Waals surface area contributed by atoms with Crippen molar-refractivity contribution in [3.63, 3.8) is 0 Å². The SMILES string of the molecule is C[C@@H](CC/C=C/C=C/Cl)C(=O)N1C(=O)OC[C@@H]1Cc1ccccc1. The number of hydrogen-bond donors (Lipinski definition) is 0. The van der Waals surface area contributed by atoms with Gasteiger partial charge in [0.2, 0.25) is 5.91 Å². The number of carbonyl (C=O) groups excluding carboxylic acids is 2. The highest BCUT2D eigenvalue weighted by molar-refractivity contribution is 6.25. The van der Waals surface area contributed by atoms with E-state index in [0.717, 1.165) is 12.0 Å². The molecule has 1 heterocycles. The summed E-state index contributed by atoms with van der Waals surface area (Å²) >= 11 is 5.43. The molecule has 24 heavy (non-hydrogen) atoms. The normalized spacial score (nSPS) is 19.2. The maximum atomic E-state index is 12.6. The Morgan fingerprint density at radius 3 is 2.83 bits per heavy atom. The molecule has 0 aliphatic carbocycles. The molecule has 1 aliphatic rings. The van der Waals surface area contributed by atoms with Crippen LogP contribution in [0.25, 0.3) is 0 Å². The third kappa shape index (κ3) is 4.96. The average molecular weight is 348 g/mol. The average Bonchev–Trinajstić information content (AvgIpc) is 2.95. The van der Waals surface area contributed by atoms with Gasteiger partial charge in [-0.1, -0.05) is 67.1 Å². The lowest BCUT2D eigenvalue weighted by Gasteiger charge is -2.22. The fourth-order valence-corrected chi connectivity index (χ4v) is 2.77. The van der Waals surface area contributed by atoms with Crippen LogP contribution in [0.5, 0.6) is 0 Å². The maximum absolute atomic E-state index is 12.6. The van der Waals surface area contributed by atoms with E-state index in [1.165, 1.54) is 10.4 Å². The monoisotopic (exact) mass is 347 g/mol. The van der Waals surface area contributed by atoms with Gasteiger partial charge in [-0.2, -0.15) is 0 Å². The molecule has 0 aromatic heterocycles. The molecule has 1 fully saturated rings. The van der Waals surface area contributed by atoms with Gasteiger partial charge in [0.1, 0.15) is 6.61 Å². The number of hydrogen-bond acceptors (Lipinski definition) is 3. The number of ether oxygens (including phenoxy) is 1. The molecule has 0 spiro atoms. The van der Waals surface area contributed by atoms with Crippen molar-refractivity contribution in [2.24, 2.45) is 5.92 Å².